The minimum atomic E-state index is -0.884. The summed E-state index contributed by atoms with van der Waals surface area (Å²) in [7, 11) is 0. The summed E-state index contributed by atoms with van der Waals surface area (Å²) in [4.78, 5) is 10.9. The van der Waals surface area contributed by atoms with Crippen molar-refractivity contribution >= 4 is 33.5 Å². The molecule has 0 aliphatic carbocycles. The Kier molecular flexibility index (Phi) is 4.72. The van der Waals surface area contributed by atoms with E-state index < -0.39 is 5.97 Å². The third-order valence-corrected chi connectivity index (χ3v) is 3.52. The van der Waals surface area contributed by atoms with Crippen molar-refractivity contribution in [2.45, 2.75) is 25.8 Å². The van der Waals surface area contributed by atoms with Gasteiger partial charge in [0, 0.05) is 15.1 Å². The highest BCUT2D eigenvalue weighted by molar-refractivity contribution is 9.10. The van der Waals surface area contributed by atoms with Gasteiger partial charge in [-0.15, -0.1) is 5.10 Å². The molecule has 0 amide bonds. The number of hydrogen-bond acceptors (Lipinski definition) is 4. The molecule has 1 aromatic carbocycles. The molecule has 0 radical (unpaired) electrons. The van der Waals surface area contributed by atoms with E-state index in [4.69, 9.17) is 16.7 Å². The molecule has 20 heavy (non-hydrogen) atoms. The van der Waals surface area contributed by atoms with Gasteiger partial charge in [-0.3, -0.25) is 4.79 Å². The Balaban J connectivity index is 2.43. The Morgan fingerprint density at radius 2 is 2.25 bits per heavy atom. The maximum Gasteiger partial charge on any atom is 0.305 e. The van der Waals surface area contributed by atoms with Crippen molar-refractivity contribution in [1.29, 1.82) is 0 Å². The fraction of sp³-hybridized carbons (Fsp3) is 0.333. The minimum Gasteiger partial charge on any atom is -0.481 e. The predicted molar refractivity (Wildman–Crippen MR) is 77.5 cm³/mol. The van der Waals surface area contributed by atoms with Crippen LogP contribution in [-0.4, -0.2) is 31.3 Å². The Bertz CT molecular complexity index is 611. The van der Waals surface area contributed by atoms with E-state index in [9.17, 15) is 4.79 Å². The Labute approximate surface area is 128 Å². The second kappa shape index (κ2) is 6.32. The molecule has 0 saturated heterocycles. The largest absolute Gasteiger partial charge is 0.481 e. The number of halogens is 2. The van der Waals surface area contributed by atoms with Crippen molar-refractivity contribution in [3.63, 3.8) is 0 Å². The van der Waals surface area contributed by atoms with Crippen LogP contribution in [0.4, 0.5) is 0 Å². The summed E-state index contributed by atoms with van der Waals surface area (Å²) in [5, 5.41) is 21.0. The first kappa shape index (κ1) is 14.9. The van der Waals surface area contributed by atoms with Crippen LogP contribution in [0.2, 0.25) is 5.02 Å². The van der Waals surface area contributed by atoms with Gasteiger partial charge in [0.25, 0.3) is 0 Å². The molecule has 1 aromatic heterocycles. The smallest absolute Gasteiger partial charge is 0.305 e. The number of hydrogen-bond donors (Lipinski definition) is 1. The van der Waals surface area contributed by atoms with E-state index in [0.29, 0.717) is 17.3 Å². The lowest BCUT2D eigenvalue weighted by Crippen LogP contribution is -2.15. The van der Waals surface area contributed by atoms with E-state index in [2.05, 4.69) is 31.5 Å². The van der Waals surface area contributed by atoms with E-state index in [1.54, 1.807) is 12.1 Å². The van der Waals surface area contributed by atoms with E-state index in [1.165, 1.54) is 4.68 Å². The summed E-state index contributed by atoms with van der Waals surface area (Å²) < 4.78 is 2.34. The molecule has 0 fully saturated rings. The molecule has 0 bridgehead atoms. The number of carboxylic acid groups (broad SMARTS) is 1. The van der Waals surface area contributed by atoms with Crippen molar-refractivity contribution in [3.8, 4) is 11.4 Å². The van der Waals surface area contributed by atoms with Gasteiger partial charge in [0.1, 0.15) is 0 Å². The van der Waals surface area contributed by atoms with Crippen LogP contribution in [0.15, 0.2) is 22.7 Å². The quantitative estimate of drug-likeness (QED) is 0.886. The molecular weight excluding hydrogens is 348 g/mol. The molecular formula is C12H12BrClN4O2. The van der Waals surface area contributed by atoms with Crippen LogP contribution in [0, 0.1) is 0 Å². The zero-order valence-electron chi connectivity index (χ0n) is 10.6. The third-order valence-electron chi connectivity index (χ3n) is 2.84. The molecule has 0 saturated carbocycles. The Morgan fingerprint density at radius 3 is 2.85 bits per heavy atom. The van der Waals surface area contributed by atoms with Crippen molar-refractivity contribution in [2.24, 2.45) is 0 Å². The average molecular weight is 360 g/mol. The molecule has 6 nitrogen and oxygen atoms in total. The molecule has 0 spiro atoms. The number of carbonyl (C=O) groups is 1. The van der Waals surface area contributed by atoms with Crippen LogP contribution < -0.4 is 0 Å². The first-order chi connectivity index (χ1) is 9.51. The summed E-state index contributed by atoms with van der Waals surface area (Å²) in [5.74, 6) is -0.383. The summed E-state index contributed by atoms with van der Waals surface area (Å²) in [6.07, 6.45) is 0.586. The van der Waals surface area contributed by atoms with E-state index >= 15 is 0 Å². The normalized spacial score (nSPS) is 12.3. The topological polar surface area (TPSA) is 80.9 Å². The lowest BCUT2D eigenvalue weighted by Gasteiger charge is -2.14. The fourth-order valence-corrected chi connectivity index (χ4v) is 2.78. The highest BCUT2D eigenvalue weighted by Crippen LogP contribution is 2.28. The van der Waals surface area contributed by atoms with Gasteiger partial charge in [-0.2, -0.15) is 0 Å². The lowest BCUT2D eigenvalue weighted by molar-refractivity contribution is -0.138. The predicted octanol–water partition coefficient (Wildman–Crippen LogP) is 3.18. The monoisotopic (exact) mass is 358 g/mol. The van der Waals surface area contributed by atoms with Crippen molar-refractivity contribution in [2.75, 3.05) is 0 Å². The summed E-state index contributed by atoms with van der Waals surface area (Å²) in [5.41, 5.74) is 0.734. The van der Waals surface area contributed by atoms with Gasteiger partial charge < -0.3 is 5.11 Å². The van der Waals surface area contributed by atoms with Crippen LogP contribution in [0.3, 0.4) is 0 Å². The van der Waals surface area contributed by atoms with Gasteiger partial charge >= 0.3 is 5.97 Å². The SMILES string of the molecule is CCC(CC(=O)O)n1nnnc1-c1cc(Cl)cc(Br)c1. The maximum absolute atomic E-state index is 10.9. The fourth-order valence-electron chi connectivity index (χ4n) is 1.92. The molecule has 1 unspecified atom stereocenters. The van der Waals surface area contributed by atoms with Crippen molar-refractivity contribution in [3.05, 3.63) is 27.7 Å². The third kappa shape index (κ3) is 3.34. The standard InChI is InChI=1S/C12H12BrClN4O2/c1-2-10(6-11(19)20)18-12(15-16-17-18)7-3-8(13)5-9(14)4-7/h3-5,10H,2,6H2,1H3,(H,19,20). The van der Waals surface area contributed by atoms with Gasteiger partial charge in [0.05, 0.1) is 12.5 Å². The number of nitrogens with zero attached hydrogens (tertiary/aromatic N) is 4. The summed E-state index contributed by atoms with van der Waals surface area (Å²) in [6, 6.07) is 5.03. The molecule has 2 rings (SSSR count). The number of aromatic nitrogens is 4. The first-order valence-corrected chi connectivity index (χ1v) is 7.14. The van der Waals surface area contributed by atoms with Crippen LogP contribution in [0.25, 0.3) is 11.4 Å². The number of tetrazole rings is 1. The van der Waals surface area contributed by atoms with Crippen molar-refractivity contribution < 1.29 is 9.90 Å². The van der Waals surface area contributed by atoms with Crippen molar-refractivity contribution in [1.82, 2.24) is 20.2 Å². The van der Waals surface area contributed by atoms with Gasteiger partial charge in [0.2, 0.25) is 0 Å². The number of aliphatic carboxylic acids is 1. The van der Waals surface area contributed by atoms with Crippen LogP contribution in [0.1, 0.15) is 25.8 Å². The van der Waals surface area contributed by atoms with Gasteiger partial charge in [0.15, 0.2) is 5.82 Å². The van der Waals surface area contributed by atoms with Crippen LogP contribution in [0.5, 0.6) is 0 Å². The molecule has 0 aliphatic heterocycles. The highest BCUT2D eigenvalue weighted by Gasteiger charge is 2.20. The number of benzene rings is 1. The van der Waals surface area contributed by atoms with Gasteiger partial charge in [-0.1, -0.05) is 34.5 Å². The summed E-state index contributed by atoms with van der Waals surface area (Å²) >= 11 is 9.38. The van der Waals surface area contributed by atoms with Crippen LogP contribution in [-0.2, 0) is 4.79 Å². The van der Waals surface area contributed by atoms with Crippen LogP contribution >= 0.6 is 27.5 Å². The molecule has 0 aliphatic rings. The van der Waals surface area contributed by atoms with Gasteiger partial charge in [-0.25, -0.2) is 4.68 Å². The van der Waals surface area contributed by atoms with E-state index in [0.717, 1.165) is 10.0 Å². The summed E-state index contributed by atoms with van der Waals surface area (Å²) in [6.45, 7) is 1.90. The maximum atomic E-state index is 10.9. The average Bonchev–Trinajstić information content (AvgIpc) is 2.83. The first-order valence-electron chi connectivity index (χ1n) is 5.97. The number of rotatable bonds is 5. The van der Waals surface area contributed by atoms with E-state index in [-0.39, 0.29) is 12.5 Å². The molecule has 1 atom stereocenters. The second-order valence-corrected chi connectivity index (χ2v) is 5.62. The Morgan fingerprint density at radius 1 is 1.50 bits per heavy atom. The molecule has 106 valence electrons. The highest BCUT2D eigenvalue weighted by atomic mass is 79.9. The van der Waals surface area contributed by atoms with E-state index in [1.807, 2.05) is 13.0 Å². The second-order valence-electron chi connectivity index (χ2n) is 4.27. The molecule has 1 N–H and O–H groups in total. The lowest BCUT2D eigenvalue weighted by atomic mass is 10.1. The number of carboxylic acids is 1. The zero-order valence-corrected chi connectivity index (χ0v) is 13.0. The Hall–Kier alpha value is -1.47. The minimum absolute atomic E-state index is 0.0315. The molecule has 1 heterocycles. The molecule has 2 aromatic rings. The zero-order chi connectivity index (χ0) is 14.7. The molecule has 8 heteroatoms. The van der Waals surface area contributed by atoms with Gasteiger partial charge in [-0.05, 0) is 35.0 Å².